The van der Waals surface area contributed by atoms with E-state index >= 15 is 0 Å². The summed E-state index contributed by atoms with van der Waals surface area (Å²) in [6.45, 7) is 0. The standard InChI is InChI=1S/C10H8N2O2/c13-10-12-11-9(14-10)7-6-8-4-2-1-3-5-8/h1-7H,(H,12,13). The van der Waals surface area contributed by atoms with Gasteiger partial charge in [0, 0.05) is 6.08 Å². The molecule has 0 aliphatic carbocycles. The van der Waals surface area contributed by atoms with Crippen LogP contribution in [-0.4, -0.2) is 10.2 Å². The molecule has 1 N–H and O–H groups in total. The van der Waals surface area contributed by atoms with Crippen LogP contribution in [0.4, 0.5) is 0 Å². The Balaban J connectivity index is 2.19. The average molecular weight is 188 g/mol. The van der Waals surface area contributed by atoms with E-state index in [1.54, 1.807) is 6.08 Å². The Morgan fingerprint density at radius 2 is 2.00 bits per heavy atom. The lowest BCUT2D eigenvalue weighted by Crippen LogP contribution is -1.93. The van der Waals surface area contributed by atoms with E-state index < -0.39 is 5.76 Å². The van der Waals surface area contributed by atoms with Crippen LogP contribution >= 0.6 is 0 Å². The Morgan fingerprint density at radius 3 is 2.64 bits per heavy atom. The third-order valence-corrected chi connectivity index (χ3v) is 1.67. The monoisotopic (exact) mass is 188 g/mol. The topological polar surface area (TPSA) is 58.9 Å². The molecule has 14 heavy (non-hydrogen) atoms. The number of aromatic nitrogens is 2. The highest BCUT2D eigenvalue weighted by molar-refractivity contribution is 5.65. The van der Waals surface area contributed by atoms with E-state index in [0.717, 1.165) is 5.56 Å². The number of aromatic amines is 1. The second-order valence-corrected chi connectivity index (χ2v) is 2.70. The molecule has 1 heterocycles. The maximum Gasteiger partial charge on any atom is 0.434 e. The highest BCUT2D eigenvalue weighted by atomic mass is 16.4. The molecule has 0 saturated carbocycles. The molecule has 0 saturated heterocycles. The quantitative estimate of drug-likeness (QED) is 0.777. The molecule has 0 fully saturated rings. The summed E-state index contributed by atoms with van der Waals surface area (Å²) in [7, 11) is 0. The number of rotatable bonds is 2. The van der Waals surface area contributed by atoms with Gasteiger partial charge in [-0.1, -0.05) is 30.3 Å². The van der Waals surface area contributed by atoms with Crippen molar-refractivity contribution in [1.29, 1.82) is 0 Å². The third-order valence-electron chi connectivity index (χ3n) is 1.67. The minimum atomic E-state index is -0.544. The largest absolute Gasteiger partial charge is 0.434 e. The van der Waals surface area contributed by atoms with Crippen molar-refractivity contribution in [1.82, 2.24) is 10.2 Å². The van der Waals surface area contributed by atoms with Crippen molar-refractivity contribution in [2.24, 2.45) is 0 Å². The molecule has 0 atom stereocenters. The molecule has 0 radical (unpaired) electrons. The molecule has 0 aliphatic rings. The highest BCUT2D eigenvalue weighted by Crippen LogP contribution is 2.03. The fraction of sp³-hybridized carbons (Fsp3) is 0. The number of nitrogens with one attached hydrogen (secondary N) is 1. The Labute approximate surface area is 79.9 Å². The van der Waals surface area contributed by atoms with E-state index in [0.29, 0.717) is 0 Å². The van der Waals surface area contributed by atoms with Gasteiger partial charge in [0.15, 0.2) is 0 Å². The smallest absolute Gasteiger partial charge is 0.388 e. The minimum absolute atomic E-state index is 0.277. The lowest BCUT2D eigenvalue weighted by Gasteiger charge is -1.88. The second-order valence-electron chi connectivity index (χ2n) is 2.70. The average Bonchev–Trinajstić information content (AvgIpc) is 2.63. The summed E-state index contributed by atoms with van der Waals surface area (Å²) in [6.07, 6.45) is 3.45. The van der Waals surface area contributed by atoms with Gasteiger partial charge in [0.1, 0.15) is 0 Å². The third kappa shape index (κ3) is 1.98. The lowest BCUT2D eigenvalue weighted by molar-refractivity contribution is 0.504. The van der Waals surface area contributed by atoms with Gasteiger partial charge in [-0.2, -0.15) is 0 Å². The zero-order chi connectivity index (χ0) is 9.80. The van der Waals surface area contributed by atoms with Gasteiger partial charge in [0.25, 0.3) is 0 Å². The van der Waals surface area contributed by atoms with Crippen molar-refractivity contribution < 1.29 is 4.42 Å². The SMILES string of the molecule is O=c1[nH]nc(C=Cc2ccccc2)o1. The fourth-order valence-corrected chi connectivity index (χ4v) is 1.04. The minimum Gasteiger partial charge on any atom is -0.388 e. The second kappa shape index (κ2) is 3.74. The molecule has 4 heteroatoms. The van der Waals surface area contributed by atoms with Crippen molar-refractivity contribution in [3.8, 4) is 0 Å². The molecular formula is C10H8N2O2. The van der Waals surface area contributed by atoms with Gasteiger partial charge in [-0.15, -0.1) is 5.10 Å². The predicted molar refractivity (Wildman–Crippen MR) is 52.5 cm³/mol. The zero-order valence-corrected chi connectivity index (χ0v) is 7.31. The van der Waals surface area contributed by atoms with Crippen LogP contribution in [0.25, 0.3) is 12.2 Å². The predicted octanol–water partition coefficient (Wildman–Crippen LogP) is 1.53. The highest BCUT2D eigenvalue weighted by Gasteiger charge is 1.93. The molecule has 2 aromatic rings. The lowest BCUT2D eigenvalue weighted by atomic mass is 10.2. The number of benzene rings is 1. The summed E-state index contributed by atoms with van der Waals surface area (Å²) >= 11 is 0. The first kappa shape index (κ1) is 8.50. The van der Waals surface area contributed by atoms with Gasteiger partial charge in [0.05, 0.1) is 0 Å². The fourth-order valence-electron chi connectivity index (χ4n) is 1.04. The maximum atomic E-state index is 10.6. The summed E-state index contributed by atoms with van der Waals surface area (Å²) in [5.41, 5.74) is 1.03. The molecule has 1 aromatic heterocycles. The van der Waals surface area contributed by atoms with Gasteiger partial charge >= 0.3 is 5.76 Å². The number of H-pyrrole nitrogens is 1. The van der Waals surface area contributed by atoms with Crippen LogP contribution in [0.5, 0.6) is 0 Å². The number of hydrogen-bond donors (Lipinski definition) is 1. The first-order valence-corrected chi connectivity index (χ1v) is 4.13. The van der Waals surface area contributed by atoms with Crippen LogP contribution in [0.1, 0.15) is 11.5 Å². The molecule has 1 aromatic carbocycles. The molecule has 2 rings (SSSR count). The Bertz CT molecular complexity index is 482. The van der Waals surface area contributed by atoms with E-state index in [1.165, 1.54) is 0 Å². The van der Waals surface area contributed by atoms with Gasteiger partial charge in [-0.3, -0.25) is 0 Å². The molecular weight excluding hydrogens is 180 g/mol. The van der Waals surface area contributed by atoms with Crippen molar-refractivity contribution in [3.63, 3.8) is 0 Å². The first-order valence-electron chi connectivity index (χ1n) is 4.13. The summed E-state index contributed by atoms with van der Waals surface area (Å²) in [5, 5.41) is 5.82. The van der Waals surface area contributed by atoms with Crippen molar-refractivity contribution in [3.05, 3.63) is 52.3 Å². The maximum absolute atomic E-state index is 10.6. The van der Waals surface area contributed by atoms with Crippen molar-refractivity contribution in [2.45, 2.75) is 0 Å². The van der Waals surface area contributed by atoms with Gasteiger partial charge in [-0.05, 0) is 11.6 Å². The molecule has 0 unspecified atom stereocenters. The van der Waals surface area contributed by atoms with Crippen molar-refractivity contribution >= 4 is 12.2 Å². The van der Waals surface area contributed by atoms with Gasteiger partial charge in [0.2, 0.25) is 5.89 Å². The van der Waals surface area contributed by atoms with Crippen molar-refractivity contribution in [2.75, 3.05) is 0 Å². The number of hydrogen-bond acceptors (Lipinski definition) is 3. The van der Waals surface area contributed by atoms with Crippen LogP contribution in [-0.2, 0) is 0 Å². The zero-order valence-electron chi connectivity index (χ0n) is 7.31. The molecule has 0 spiro atoms. The molecule has 4 nitrogen and oxygen atoms in total. The number of nitrogens with zero attached hydrogens (tertiary/aromatic N) is 1. The Hall–Kier alpha value is -2.10. The van der Waals surface area contributed by atoms with Crippen LogP contribution in [0.15, 0.2) is 39.5 Å². The van der Waals surface area contributed by atoms with E-state index in [9.17, 15) is 4.79 Å². The molecule has 0 amide bonds. The summed E-state index contributed by atoms with van der Waals surface area (Å²) in [5.74, 6) is -0.267. The van der Waals surface area contributed by atoms with E-state index in [-0.39, 0.29) is 5.89 Å². The van der Waals surface area contributed by atoms with Crippen LogP contribution < -0.4 is 5.76 Å². The van der Waals surface area contributed by atoms with Crippen LogP contribution in [0.2, 0.25) is 0 Å². The Kier molecular flexibility index (Phi) is 2.27. The van der Waals surface area contributed by atoms with Gasteiger partial charge in [-0.25, -0.2) is 9.89 Å². The summed E-state index contributed by atoms with van der Waals surface area (Å²) < 4.78 is 4.70. The molecule has 0 aliphatic heterocycles. The first-order chi connectivity index (χ1) is 6.84. The molecule has 0 bridgehead atoms. The summed E-state index contributed by atoms with van der Waals surface area (Å²) in [6, 6.07) is 9.69. The van der Waals surface area contributed by atoms with E-state index in [2.05, 4.69) is 10.2 Å². The van der Waals surface area contributed by atoms with Gasteiger partial charge < -0.3 is 4.42 Å². The normalized spacial score (nSPS) is 10.9. The van der Waals surface area contributed by atoms with E-state index in [1.807, 2.05) is 36.4 Å². The Morgan fingerprint density at radius 1 is 1.21 bits per heavy atom. The molecule has 70 valence electrons. The van der Waals surface area contributed by atoms with Crippen LogP contribution in [0, 0.1) is 0 Å². The van der Waals surface area contributed by atoms with E-state index in [4.69, 9.17) is 4.42 Å². The van der Waals surface area contributed by atoms with Crippen LogP contribution in [0.3, 0.4) is 0 Å². The summed E-state index contributed by atoms with van der Waals surface area (Å²) in [4.78, 5) is 10.6.